The molecular formula is H2BFKP. The van der Waals surface area contributed by atoms with E-state index in [4.69, 9.17) is 0 Å². The predicted octanol–water partition coefficient (Wildman–Crippen LogP) is -6.05. The monoisotopic (exact) mass is 102 g/mol. The quantitative estimate of drug-likeness (QED) is 0.211. The summed E-state index contributed by atoms with van der Waals surface area (Å²) < 4.78 is 0. The summed E-state index contributed by atoms with van der Waals surface area (Å²) in [5, 5.41) is 0. The molecule has 1 unspecified atom stereocenters. The van der Waals surface area contributed by atoms with Gasteiger partial charge in [-0.25, -0.2) is 0 Å². The number of hydrogen-bond acceptors (Lipinski definition) is 0. The second kappa shape index (κ2) is 19.6. The molecule has 0 aliphatic rings. The fourth-order valence-electron chi connectivity index (χ4n) is 0. The van der Waals surface area contributed by atoms with Gasteiger partial charge in [-0.3, -0.25) is 0 Å². The van der Waals surface area contributed by atoms with Gasteiger partial charge in [0, 0.05) is 0 Å². The van der Waals surface area contributed by atoms with Crippen LogP contribution >= 0.6 is 9.12 Å². The second-order valence-electron chi connectivity index (χ2n) is 0. The first-order chi connectivity index (χ1) is 1.00. The van der Waals surface area contributed by atoms with Gasteiger partial charge in [0.1, 0.15) is 0 Å². The van der Waals surface area contributed by atoms with Gasteiger partial charge in [-0.2, -0.15) is 9.12 Å². The molecule has 2 radical (unpaired) electrons. The molecular weight excluding hydrogens is 99.9 g/mol. The molecule has 0 bridgehead atoms. The van der Waals surface area contributed by atoms with Crippen LogP contribution in [0.2, 0.25) is 0 Å². The Hall–Kier alpha value is 2.06. The average Bonchev–Trinajstić information content (AvgIpc) is 1.00. The molecule has 0 aromatic carbocycles. The maximum Gasteiger partial charge on any atom is 1.00 e. The van der Waals surface area contributed by atoms with E-state index in [9.17, 15) is 0 Å². The molecule has 4 heteroatoms. The van der Waals surface area contributed by atoms with E-state index < -0.39 is 0 Å². The molecule has 4 heavy (non-hydrogen) atoms. The van der Waals surface area contributed by atoms with E-state index in [0.29, 0.717) is 0 Å². The zero-order valence-corrected chi connectivity index (χ0v) is 6.81. The Morgan fingerprint density at radius 2 is 1.25 bits per heavy atom. The fraction of sp³-hybridized carbons (Fsp3) is 0. The van der Waals surface area contributed by atoms with Gasteiger partial charge in [0.15, 0.2) is 0 Å². The summed E-state index contributed by atoms with van der Waals surface area (Å²) in [5.41, 5.74) is 0. The van der Waals surface area contributed by atoms with Crippen LogP contribution in [0.4, 0.5) is 0 Å². The van der Waals surface area contributed by atoms with E-state index >= 15 is 0 Å². The Balaban J connectivity index is -0.00000000500. The summed E-state index contributed by atoms with van der Waals surface area (Å²) in [6.45, 7) is 0. The van der Waals surface area contributed by atoms with E-state index in [-0.39, 0.29) is 56.1 Å². The van der Waals surface area contributed by atoms with Gasteiger partial charge in [0.05, 0.1) is 7.57 Å². The molecule has 0 fully saturated rings. The number of rotatable bonds is 0. The summed E-state index contributed by atoms with van der Waals surface area (Å²) in [6.07, 6.45) is 0. The summed E-state index contributed by atoms with van der Waals surface area (Å²) in [4.78, 5) is 0. The van der Waals surface area contributed by atoms with E-state index in [1.165, 1.54) is 0 Å². The molecule has 0 aromatic heterocycles. The van der Waals surface area contributed by atoms with Gasteiger partial charge in [0.2, 0.25) is 0 Å². The molecule has 0 aromatic rings. The third-order valence-electron chi connectivity index (χ3n) is 0. The van der Waals surface area contributed by atoms with E-state index in [2.05, 4.69) is 7.57 Å². The topological polar surface area (TPSA) is 0 Å². The van der Waals surface area contributed by atoms with Crippen LogP contribution in [0.25, 0.3) is 0 Å². The van der Waals surface area contributed by atoms with Crippen LogP contribution in [0.3, 0.4) is 0 Å². The maximum absolute atomic E-state index is 4.42. The van der Waals surface area contributed by atoms with Crippen molar-refractivity contribution in [2.75, 3.05) is 0 Å². The first-order valence-electron chi connectivity index (χ1n) is 0.333. The van der Waals surface area contributed by atoms with Crippen molar-refractivity contribution in [2.24, 2.45) is 0 Å². The van der Waals surface area contributed by atoms with Gasteiger partial charge in [-0.15, -0.1) is 0 Å². The molecule has 0 saturated carbocycles. The molecule has 0 aliphatic heterocycles. The molecule has 0 spiro atoms. The first-order valence-corrected chi connectivity index (χ1v) is 1.00. The largest absolute Gasteiger partial charge is 1.00 e. The standard InChI is InChI=1S/BH2P.FH.K/c1-2;;/h2H2;1H;/q;;+1/p-1. The van der Waals surface area contributed by atoms with Gasteiger partial charge < -0.3 is 4.70 Å². The molecule has 0 amide bonds. The molecule has 0 nitrogen and oxygen atoms in total. The third kappa shape index (κ3) is 8.96. The number of hydrogen-bond donors (Lipinski definition) is 0. The summed E-state index contributed by atoms with van der Waals surface area (Å²) >= 11 is 0. The number of halogens is 1. The summed E-state index contributed by atoms with van der Waals surface area (Å²) in [7, 11) is 6.33. The molecule has 0 saturated heterocycles. The van der Waals surface area contributed by atoms with E-state index in [0.717, 1.165) is 0 Å². The molecule has 18 valence electrons. The van der Waals surface area contributed by atoms with Crippen LogP contribution in [-0.2, 0) is 0 Å². The molecule has 0 N–H and O–H groups in total. The zero-order valence-electron chi connectivity index (χ0n) is 2.53. The smallest absolute Gasteiger partial charge is 1.00 e. The van der Waals surface area contributed by atoms with Crippen LogP contribution in [0, 0.1) is 0 Å². The van der Waals surface area contributed by atoms with Crippen molar-refractivity contribution in [3.63, 3.8) is 0 Å². The predicted molar refractivity (Wildman–Crippen MR) is 15.5 cm³/mol. The van der Waals surface area contributed by atoms with Crippen molar-refractivity contribution in [3.8, 4) is 0 Å². The van der Waals surface area contributed by atoms with Crippen LogP contribution in [0.15, 0.2) is 0 Å². The first kappa shape index (κ1) is 16.6. The molecule has 0 aliphatic carbocycles. The summed E-state index contributed by atoms with van der Waals surface area (Å²) in [6, 6.07) is 0. The van der Waals surface area contributed by atoms with Crippen LogP contribution in [-0.4, -0.2) is 7.57 Å². The molecule has 0 heterocycles. The minimum atomic E-state index is 0. The van der Waals surface area contributed by atoms with Crippen molar-refractivity contribution in [1.82, 2.24) is 0 Å². The van der Waals surface area contributed by atoms with Crippen molar-refractivity contribution >= 4 is 16.7 Å². The van der Waals surface area contributed by atoms with Gasteiger partial charge in [0.25, 0.3) is 0 Å². The maximum atomic E-state index is 4.42. The van der Waals surface area contributed by atoms with Crippen LogP contribution in [0.5, 0.6) is 0 Å². The minimum Gasteiger partial charge on any atom is -1.00 e. The average molecular weight is 102 g/mol. The van der Waals surface area contributed by atoms with Crippen LogP contribution < -0.4 is 56.1 Å². The van der Waals surface area contributed by atoms with Gasteiger partial charge in [-0.1, -0.05) is 0 Å². The van der Waals surface area contributed by atoms with Gasteiger partial charge >= 0.3 is 51.4 Å². The van der Waals surface area contributed by atoms with Crippen LogP contribution in [0.1, 0.15) is 0 Å². The fourth-order valence-corrected chi connectivity index (χ4v) is 0. The van der Waals surface area contributed by atoms with Crippen molar-refractivity contribution < 1.29 is 56.1 Å². The van der Waals surface area contributed by atoms with Crippen molar-refractivity contribution in [1.29, 1.82) is 0 Å². The van der Waals surface area contributed by atoms with Crippen molar-refractivity contribution in [2.45, 2.75) is 0 Å². The van der Waals surface area contributed by atoms with Crippen molar-refractivity contribution in [3.05, 3.63) is 0 Å². The molecule has 1 atom stereocenters. The zero-order chi connectivity index (χ0) is 2.00. The molecule has 0 rings (SSSR count). The van der Waals surface area contributed by atoms with E-state index in [1.807, 2.05) is 9.12 Å². The normalized spacial score (nSPS) is 1.25. The third-order valence-corrected chi connectivity index (χ3v) is 0. The Bertz CT molecular complexity index is 8.00. The second-order valence-corrected chi connectivity index (χ2v) is 0. The summed E-state index contributed by atoms with van der Waals surface area (Å²) in [5.74, 6) is 0. The van der Waals surface area contributed by atoms with E-state index in [1.54, 1.807) is 0 Å². The minimum absolute atomic E-state index is 0. The Morgan fingerprint density at radius 3 is 1.25 bits per heavy atom. The Labute approximate surface area is 71.5 Å². The SMILES string of the molecule is [B]P.[F-].[K+]. The Morgan fingerprint density at radius 1 is 1.25 bits per heavy atom. The van der Waals surface area contributed by atoms with Gasteiger partial charge in [-0.05, 0) is 0 Å². The Kier molecular flexibility index (Phi) is 81.4.